The van der Waals surface area contributed by atoms with Crippen molar-refractivity contribution >= 4 is 33.2 Å². The Morgan fingerprint density at radius 1 is 0.731 bits per heavy atom. The summed E-state index contributed by atoms with van der Waals surface area (Å²) < 4.78 is 14.2. The van der Waals surface area contributed by atoms with E-state index in [2.05, 4.69) is 0 Å². The largest absolute Gasteiger partial charge is 0.305 e. The molecule has 0 amide bonds. The molecule has 134 valence electrons. The summed E-state index contributed by atoms with van der Waals surface area (Å²) in [6, 6.07) is 22.1. The first-order chi connectivity index (χ1) is 11.9. The van der Waals surface area contributed by atoms with Gasteiger partial charge in [-0.15, -0.1) is 0 Å². The topological polar surface area (TPSA) is 34.1 Å². The molecule has 3 rings (SSSR count). The van der Waals surface area contributed by atoms with Gasteiger partial charge >= 0.3 is 0 Å². The molecule has 0 heterocycles. The van der Waals surface area contributed by atoms with E-state index < -0.39 is 7.14 Å². The monoisotopic (exact) mass is 382 g/mol. The second-order valence-corrected chi connectivity index (χ2v) is 9.02. The molecule has 0 aromatic heterocycles. The van der Waals surface area contributed by atoms with Crippen LogP contribution < -0.4 is 10.6 Å². The number of hydrogen-bond donors (Lipinski definition) is 0. The second-order valence-electron chi connectivity index (χ2n) is 6.36. The Labute approximate surface area is 158 Å². The van der Waals surface area contributed by atoms with Crippen LogP contribution in [0.2, 0.25) is 0 Å². The van der Waals surface area contributed by atoms with E-state index in [1.54, 1.807) is 24.3 Å². The van der Waals surface area contributed by atoms with Gasteiger partial charge in [0.25, 0.3) is 0 Å². The zero-order valence-corrected chi connectivity index (χ0v) is 17.7. The molecular formula is C22H24O2P2. The van der Waals surface area contributed by atoms with Gasteiger partial charge in [-0.3, -0.25) is 4.79 Å². The van der Waals surface area contributed by atoms with Crippen LogP contribution >= 0.6 is 17.0 Å². The first kappa shape index (κ1) is 20.3. The average molecular weight is 382 g/mol. The summed E-state index contributed by atoms with van der Waals surface area (Å²) in [7, 11) is -3.44. The van der Waals surface area contributed by atoms with E-state index in [0.717, 1.165) is 16.7 Å². The zero-order chi connectivity index (χ0) is 18.0. The van der Waals surface area contributed by atoms with Gasteiger partial charge < -0.3 is 4.57 Å². The highest BCUT2D eigenvalue weighted by Gasteiger charge is 2.37. The molecule has 0 spiro atoms. The van der Waals surface area contributed by atoms with Crippen LogP contribution in [0.4, 0.5) is 0 Å². The Kier molecular flexibility index (Phi) is 6.34. The lowest BCUT2D eigenvalue weighted by atomic mass is 10.0. The van der Waals surface area contributed by atoms with Crippen LogP contribution in [0.15, 0.2) is 72.8 Å². The van der Waals surface area contributed by atoms with Gasteiger partial charge in [-0.25, -0.2) is 0 Å². The Balaban J connectivity index is 0.00000243. The van der Waals surface area contributed by atoms with E-state index in [-0.39, 0.29) is 15.4 Å². The van der Waals surface area contributed by atoms with Gasteiger partial charge in [0.15, 0.2) is 0 Å². The lowest BCUT2D eigenvalue weighted by Gasteiger charge is -2.20. The molecule has 3 aromatic carbocycles. The van der Waals surface area contributed by atoms with Gasteiger partial charge in [0.1, 0.15) is 0 Å². The maximum atomic E-state index is 14.2. The molecular weight excluding hydrogens is 358 g/mol. The standard InChI is InChI=1S/C22H21O2P.H3P/c1-16-14-17(2)21(18(3)15-16)22(23)25(24,19-10-6-4-7-11-19)20-12-8-5-9-13-20;/h4-15H,1-3H3;1H3. The third kappa shape index (κ3) is 3.58. The van der Waals surface area contributed by atoms with Crippen LogP contribution in [0, 0.1) is 20.8 Å². The summed E-state index contributed by atoms with van der Waals surface area (Å²) >= 11 is 0. The summed E-state index contributed by atoms with van der Waals surface area (Å²) in [5.41, 5.74) is 3.12. The molecule has 0 aliphatic carbocycles. The van der Waals surface area contributed by atoms with Crippen molar-refractivity contribution < 1.29 is 9.36 Å². The summed E-state index contributed by atoms with van der Waals surface area (Å²) in [4.78, 5) is 13.6. The second kappa shape index (κ2) is 8.12. The molecule has 4 heteroatoms. The minimum atomic E-state index is -3.44. The van der Waals surface area contributed by atoms with Crippen molar-refractivity contribution in [1.82, 2.24) is 0 Å². The van der Waals surface area contributed by atoms with Crippen molar-refractivity contribution in [2.24, 2.45) is 0 Å². The Morgan fingerprint density at radius 2 is 1.12 bits per heavy atom. The average Bonchev–Trinajstić information content (AvgIpc) is 2.61. The first-order valence-electron chi connectivity index (χ1n) is 8.28. The highest BCUT2D eigenvalue weighted by Crippen LogP contribution is 2.47. The van der Waals surface area contributed by atoms with Crippen molar-refractivity contribution in [1.29, 1.82) is 0 Å². The van der Waals surface area contributed by atoms with E-state index in [0.29, 0.717) is 16.2 Å². The molecule has 0 fully saturated rings. The Morgan fingerprint density at radius 3 is 1.50 bits per heavy atom. The third-order valence-electron chi connectivity index (χ3n) is 4.42. The van der Waals surface area contributed by atoms with Crippen LogP contribution in [-0.4, -0.2) is 5.52 Å². The highest BCUT2D eigenvalue weighted by molar-refractivity contribution is 7.93. The first-order valence-corrected chi connectivity index (χ1v) is 9.99. The smallest absolute Gasteiger partial charge is 0.230 e. The molecule has 0 bridgehead atoms. The van der Waals surface area contributed by atoms with E-state index in [9.17, 15) is 9.36 Å². The fraction of sp³-hybridized carbons (Fsp3) is 0.136. The summed E-state index contributed by atoms with van der Waals surface area (Å²) in [6.45, 7) is 5.82. The van der Waals surface area contributed by atoms with Gasteiger partial charge in [-0.05, 0) is 31.9 Å². The van der Waals surface area contributed by atoms with Crippen LogP contribution in [-0.2, 0) is 4.57 Å². The van der Waals surface area contributed by atoms with Crippen LogP contribution in [0.5, 0.6) is 0 Å². The van der Waals surface area contributed by atoms with E-state index in [4.69, 9.17) is 0 Å². The summed E-state index contributed by atoms with van der Waals surface area (Å²) in [5, 5.41) is 1.15. The fourth-order valence-electron chi connectivity index (χ4n) is 3.33. The van der Waals surface area contributed by atoms with Gasteiger partial charge in [0.05, 0.1) is 0 Å². The predicted octanol–water partition coefficient (Wildman–Crippen LogP) is 4.82. The summed E-state index contributed by atoms with van der Waals surface area (Å²) in [5.74, 6) is 0. The van der Waals surface area contributed by atoms with Crippen molar-refractivity contribution in [3.05, 3.63) is 95.1 Å². The molecule has 0 radical (unpaired) electrons. The van der Waals surface area contributed by atoms with Crippen LogP contribution in [0.1, 0.15) is 27.0 Å². The van der Waals surface area contributed by atoms with Crippen molar-refractivity contribution in [3.8, 4) is 0 Å². The molecule has 1 unspecified atom stereocenters. The molecule has 2 nitrogen and oxygen atoms in total. The van der Waals surface area contributed by atoms with Crippen molar-refractivity contribution in [2.45, 2.75) is 20.8 Å². The highest BCUT2D eigenvalue weighted by atomic mass is 31.2. The molecule has 1 atom stereocenters. The molecule has 26 heavy (non-hydrogen) atoms. The minimum absolute atomic E-state index is 0. The van der Waals surface area contributed by atoms with Crippen LogP contribution in [0.3, 0.4) is 0 Å². The molecule has 0 N–H and O–H groups in total. The molecule has 3 aromatic rings. The van der Waals surface area contributed by atoms with E-state index >= 15 is 0 Å². The van der Waals surface area contributed by atoms with E-state index in [1.165, 1.54) is 0 Å². The summed E-state index contributed by atoms with van der Waals surface area (Å²) in [6.07, 6.45) is 0. The van der Waals surface area contributed by atoms with Gasteiger partial charge in [-0.2, -0.15) is 9.90 Å². The van der Waals surface area contributed by atoms with Gasteiger partial charge in [0, 0.05) is 16.2 Å². The van der Waals surface area contributed by atoms with Gasteiger partial charge in [0.2, 0.25) is 12.7 Å². The Hall–Kier alpha value is -2.01. The normalized spacial score (nSPS) is 10.9. The molecule has 0 saturated heterocycles. The number of benzene rings is 3. The zero-order valence-electron chi connectivity index (χ0n) is 15.4. The minimum Gasteiger partial charge on any atom is -0.305 e. The predicted molar refractivity (Wildman–Crippen MR) is 116 cm³/mol. The number of carbonyl (C=O) groups is 1. The maximum absolute atomic E-state index is 14.2. The van der Waals surface area contributed by atoms with Crippen molar-refractivity contribution in [3.63, 3.8) is 0 Å². The lowest BCUT2D eigenvalue weighted by Crippen LogP contribution is -2.23. The maximum Gasteiger partial charge on any atom is 0.230 e. The number of aryl methyl sites for hydroxylation is 3. The lowest BCUT2D eigenvalue weighted by molar-refractivity contribution is 0.107. The van der Waals surface area contributed by atoms with E-state index in [1.807, 2.05) is 69.3 Å². The quantitative estimate of drug-likeness (QED) is 0.606. The number of hydrogen-bond acceptors (Lipinski definition) is 2. The number of rotatable bonds is 4. The molecule has 0 saturated carbocycles. The number of carbonyl (C=O) groups excluding carboxylic acids is 1. The Bertz CT molecular complexity index is 897. The van der Waals surface area contributed by atoms with Crippen molar-refractivity contribution in [2.75, 3.05) is 0 Å². The molecule has 0 aliphatic heterocycles. The molecule has 0 aliphatic rings. The third-order valence-corrected chi connectivity index (χ3v) is 7.26. The fourth-order valence-corrected chi connectivity index (χ4v) is 5.95. The van der Waals surface area contributed by atoms with Crippen LogP contribution in [0.25, 0.3) is 0 Å². The SMILES string of the molecule is Cc1cc(C)c(C(=O)P(=O)(c2ccccc2)c2ccccc2)c(C)c1.P. The van der Waals surface area contributed by atoms with Gasteiger partial charge in [-0.1, -0.05) is 78.4 Å².